The van der Waals surface area contributed by atoms with Crippen molar-refractivity contribution in [1.29, 1.82) is 0 Å². The number of hydrogen-bond donors (Lipinski definition) is 1. The quantitative estimate of drug-likeness (QED) is 0.840. The van der Waals surface area contributed by atoms with Gasteiger partial charge in [0.05, 0.1) is 0 Å². The Bertz CT molecular complexity index is 482. The van der Waals surface area contributed by atoms with Crippen molar-refractivity contribution in [3.63, 3.8) is 0 Å². The molecular weight excluding hydrogens is 255 g/mol. The van der Waals surface area contributed by atoms with Crippen molar-refractivity contribution in [2.75, 3.05) is 0 Å². The Hall–Kier alpha value is -1.45. The van der Waals surface area contributed by atoms with E-state index < -0.39 is 5.95 Å². The number of nitrogens with one attached hydrogen (secondary N) is 1. The van der Waals surface area contributed by atoms with Gasteiger partial charge < -0.3 is 5.32 Å². The molecule has 1 aliphatic carbocycles. The molecule has 3 nitrogen and oxygen atoms in total. The van der Waals surface area contributed by atoms with E-state index in [1.807, 2.05) is 0 Å². The zero-order valence-electron chi connectivity index (χ0n) is 12.4. The lowest BCUT2D eigenvalue weighted by Crippen LogP contribution is -2.46. The smallest absolute Gasteiger partial charge is 0.270 e. The summed E-state index contributed by atoms with van der Waals surface area (Å²) < 4.78 is 13.1. The fourth-order valence-electron chi connectivity index (χ4n) is 3.12. The first-order valence-corrected chi connectivity index (χ1v) is 7.31. The predicted molar refractivity (Wildman–Crippen MR) is 76.9 cm³/mol. The molecule has 0 aliphatic heterocycles. The van der Waals surface area contributed by atoms with E-state index in [4.69, 9.17) is 0 Å². The van der Waals surface area contributed by atoms with Crippen LogP contribution in [0.4, 0.5) is 4.39 Å². The van der Waals surface area contributed by atoms with Crippen LogP contribution in [0, 0.1) is 17.3 Å². The minimum absolute atomic E-state index is 0.154. The molecule has 2 rings (SSSR count). The van der Waals surface area contributed by atoms with Gasteiger partial charge in [0.2, 0.25) is 5.95 Å². The third-order valence-electron chi connectivity index (χ3n) is 4.14. The summed E-state index contributed by atoms with van der Waals surface area (Å²) >= 11 is 0. The molecule has 0 saturated heterocycles. The van der Waals surface area contributed by atoms with E-state index in [0.717, 1.165) is 19.3 Å². The molecular formula is C16H23FN2O. The summed E-state index contributed by atoms with van der Waals surface area (Å²) in [7, 11) is 0. The van der Waals surface area contributed by atoms with E-state index in [1.165, 1.54) is 18.6 Å². The third-order valence-corrected chi connectivity index (χ3v) is 4.14. The first-order chi connectivity index (χ1) is 9.38. The number of nitrogens with zero attached hydrogens (tertiary/aromatic N) is 1. The summed E-state index contributed by atoms with van der Waals surface area (Å²) in [5.41, 5.74) is 0.316. The number of carbonyl (C=O) groups is 1. The minimum Gasteiger partial charge on any atom is -0.348 e. The van der Waals surface area contributed by atoms with Crippen molar-refractivity contribution >= 4 is 5.91 Å². The molecule has 1 aliphatic rings. The standard InChI is InChI=1S/C16H23FN2O/c1-16(2,3)11-7-4-5-8-12(11)19-15(20)13-9-6-10-14(17)18-13/h6,9-12H,4-5,7-8H2,1-3H3,(H,19,20). The van der Waals surface area contributed by atoms with Gasteiger partial charge in [0, 0.05) is 6.04 Å². The maximum Gasteiger partial charge on any atom is 0.270 e. The molecule has 1 N–H and O–H groups in total. The largest absolute Gasteiger partial charge is 0.348 e. The summed E-state index contributed by atoms with van der Waals surface area (Å²) in [5.74, 6) is -0.437. The Morgan fingerprint density at radius 2 is 2.00 bits per heavy atom. The summed E-state index contributed by atoms with van der Waals surface area (Å²) in [6.45, 7) is 6.63. The number of halogens is 1. The molecule has 0 spiro atoms. The fraction of sp³-hybridized carbons (Fsp3) is 0.625. The van der Waals surface area contributed by atoms with Crippen LogP contribution in [0.15, 0.2) is 18.2 Å². The van der Waals surface area contributed by atoms with E-state index in [9.17, 15) is 9.18 Å². The molecule has 1 heterocycles. The summed E-state index contributed by atoms with van der Waals surface area (Å²) in [4.78, 5) is 15.8. The molecule has 1 saturated carbocycles. The van der Waals surface area contributed by atoms with Gasteiger partial charge in [0.1, 0.15) is 5.69 Å². The topological polar surface area (TPSA) is 42.0 Å². The van der Waals surface area contributed by atoms with E-state index in [2.05, 4.69) is 31.1 Å². The molecule has 1 amide bonds. The van der Waals surface area contributed by atoms with Crippen molar-refractivity contribution in [3.05, 3.63) is 29.8 Å². The van der Waals surface area contributed by atoms with Gasteiger partial charge in [-0.3, -0.25) is 4.79 Å². The second-order valence-corrected chi connectivity index (χ2v) is 6.68. The van der Waals surface area contributed by atoms with Crippen LogP contribution in [0.2, 0.25) is 0 Å². The molecule has 20 heavy (non-hydrogen) atoms. The lowest BCUT2D eigenvalue weighted by molar-refractivity contribution is 0.0824. The van der Waals surface area contributed by atoms with Gasteiger partial charge >= 0.3 is 0 Å². The first kappa shape index (κ1) is 14.9. The van der Waals surface area contributed by atoms with Gasteiger partial charge in [0.25, 0.3) is 5.91 Å². The van der Waals surface area contributed by atoms with Gasteiger partial charge in [-0.15, -0.1) is 0 Å². The Labute approximate surface area is 120 Å². The highest BCUT2D eigenvalue weighted by Gasteiger charge is 2.35. The Morgan fingerprint density at radius 3 is 2.65 bits per heavy atom. The molecule has 1 aromatic heterocycles. The molecule has 2 atom stereocenters. The molecule has 0 bridgehead atoms. The SMILES string of the molecule is CC(C)(C)C1CCCCC1NC(=O)c1cccc(F)n1. The van der Waals surface area contributed by atoms with Gasteiger partial charge in [-0.2, -0.15) is 4.39 Å². The molecule has 110 valence electrons. The van der Waals surface area contributed by atoms with Gasteiger partial charge in [-0.05, 0) is 36.3 Å². The van der Waals surface area contributed by atoms with Crippen LogP contribution in [0.1, 0.15) is 56.9 Å². The highest BCUT2D eigenvalue weighted by Crippen LogP contribution is 2.38. The Kier molecular flexibility index (Phi) is 4.41. The number of carbonyl (C=O) groups excluding carboxylic acids is 1. The lowest BCUT2D eigenvalue weighted by atomic mass is 9.69. The predicted octanol–water partition coefficient (Wildman–Crippen LogP) is 3.56. The molecule has 1 aromatic rings. The molecule has 2 unspecified atom stereocenters. The Morgan fingerprint density at radius 1 is 1.30 bits per heavy atom. The third kappa shape index (κ3) is 3.56. The first-order valence-electron chi connectivity index (χ1n) is 7.31. The number of amides is 1. The van der Waals surface area contributed by atoms with Crippen LogP contribution in [-0.2, 0) is 0 Å². The number of pyridine rings is 1. The molecule has 4 heteroatoms. The van der Waals surface area contributed by atoms with E-state index in [-0.39, 0.29) is 23.1 Å². The van der Waals surface area contributed by atoms with Gasteiger partial charge in [0.15, 0.2) is 0 Å². The van der Waals surface area contributed by atoms with Crippen LogP contribution in [0.5, 0.6) is 0 Å². The highest BCUT2D eigenvalue weighted by atomic mass is 19.1. The van der Waals surface area contributed by atoms with E-state index >= 15 is 0 Å². The zero-order chi connectivity index (χ0) is 14.8. The summed E-state index contributed by atoms with van der Waals surface area (Å²) in [6, 6.07) is 4.46. The van der Waals surface area contributed by atoms with E-state index in [1.54, 1.807) is 6.07 Å². The number of hydrogen-bond acceptors (Lipinski definition) is 2. The van der Waals surface area contributed by atoms with Crippen LogP contribution >= 0.6 is 0 Å². The highest BCUT2D eigenvalue weighted by molar-refractivity contribution is 5.92. The van der Waals surface area contributed by atoms with Crippen LogP contribution < -0.4 is 5.32 Å². The molecule has 1 fully saturated rings. The van der Waals surface area contributed by atoms with E-state index in [0.29, 0.717) is 5.92 Å². The van der Waals surface area contributed by atoms with Crippen LogP contribution in [0.25, 0.3) is 0 Å². The monoisotopic (exact) mass is 278 g/mol. The van der Waals surface area contributed by atoms with Crippen LogP contribution in [-0.4, -0.2) is 16.9 Å². The number of aromatic nitrogens is 1. The van der Waals surface area contributed by atoms with Crippen molar-refractivity contribution in [1.82, 2.24) is 10.3 Å². The minimum atomic E-state index is -0.617. The maximum absolute atomic E-state index is 13.1. The van der Waals surface area contributed by atoms with Crippen molar-refractivity contribution in [2.24, 2.45) is 11.3 Å². The average Bonchev–Trinajstić information content (AvgIpc) is 2.38. The van der Waals surface area contributed by atoms with Crippen molar-refractivity contribution < 1.29 is 9.18 Å². The fourth-order valence-corrected chi connectivity index (χ4v) is 3.12. The number of rotatable bonds is 2. The second kappa shape index (κ2) is 5.90. The van der Waals surface area contributed by atoms with Crippen molar-refractivity contribution in [3.8, 4) is 0 Å². The van der Waals surface area contributed by atoms with Gasteiger partial charge in [-0.25, -0.2) is 4.98 Å². The van der Waals surface area contributed by atoms with Gasteiger partial charge in [-0.1, -0.05) is 39.7 Å². The second-order valence-electron chi connectivity index (χ2n) is 6.68. The summed E-state index contributed by atoms with van der Waals surface area (Å²) in [5, 5.41) is 3.05. The zero-order valence-corrected chi connectivity index (χ0v) is 12.4. The molecule has 0 radical (unpaired) electrons. The van der Waals surface area contributed by atoms with Crippen LogP contribution in [0.3, 0.4) is 0 Å². The summed E-state index contributed by atoms with van der Waals surface area (Å²) in [6.07, 6.45) is 4.47. The Balaban J connectivity index is 2.09. The average molecular weight is 278 g/mol. The molecule has 0 aromatic carbocycles. The normalized spacial score (nSPS) is 23.4. The van der Waals surface area contributed by atoms with Crippen molar-refractivity contribution in [2.45, 2.75) is 52.5 Å². The lowest BCUT2D eigenvalue weighted by Gasteiger charge is -2.40. The maximum atomic E-state index is 13.1.